The predicted molar refractivity (Wildman–Crippen MR) is 55.0 cm³/mol. The summed E-state index contributed by atoms with van der Waals surface area (Å²) in [5.41, 5.74) is 0. The van der Waals surface area contributed by atoms with Crippen molar-refractivity contribution in [2.24, 2.45) is 5.92 Å². The third kappa shape index (κ3) is 2.07. The van der Waals surface area contributed by atoms with Gasteiger partial charge in [-0.15, -0.1) is 0 Å². The van der Waals surface area contributed by atoms with E-state index in [1.807, 2.05) is 0 Å². The van der Waals surface area contributed by atoms with Crippen LogP contribution in [0.3, 0.4) is 0 Å². The second kappa shape index (κ2) is 4.28. The van der Waals surface area contributed by atoms with E-state index in [0.717, 1.165) is 32.1 Å². The van der Waals surface area contributed by atoms with Gasteiger partial charge in [0.25, 0.3) is 0 Å². The molecule has 2 N–H and O–H groups in total. The minimum Gasteiger partial charge on any atom is -0.354 e. The quantitative estimate of drug-likeness (QED) is 0.622. The molecule has 2 heterocycles. The van der Waals surface area contributed by atoms with E-state index in [0.29, 0.717) is 12.6 Å². The van der Waals surface area contributed by atoms with Crippen LogP contribution in [0.25, 0.3) is 0 Å². The second-order valence-corrected chi connectivity index (χ2v) is 4.31. The maximum atomic E-state index is 11.2. The van der Waals surface area contributed by atoms with E-state index < -0.39 is 0 Å². The lowest BCUT2D eigenvalue weighted by Crippen LogP contribution is -2.52. The number of hydrogen-bond donors (Lipinski definition) is 2. The minimum atomic E-state index is 0.175. The van der Waals surface area contributed by atoms with Crippen LogP contribution in [0.5, 0.6) is 0 Å². The Kier molecular flexibility index (Phi) is 3.03. The summed E-state index contributed by atoms with van der Waals surface area (Å²) in [6.07, 6.45) is 1.25. The monoisotopic (exact) mass is 197 g/mol. The van der Waals surface area contributed by atoms with E-state index >= 15 is 0 Å². The minimum absolute atomic E-state index is 0.175. The third-order valence-corrected chi connectivity index (χ3v) is 3.42. The molecule has 0 aliphatic carbocycles. The van der Waals surface area contributed by atoms with Gasteiger partial charge in [0, 0.05) is 19.1 Å². The SMILES string of the molecule is CC(C1CCNC1)N1CCNC(=O)C1. The van der Waals surface area contributed by atoms with Crippen molar-refractivity contribution in [1.29, 1.82) is 0 Å². The summed E-state index contributed by atoms with van der Waals surface area (Å²) in [5.74, 6) is 0.898. The van der Waals surface area contributed by atoms with Crippen molar-refractivity contribution < 1.29 is 4.79 Å². The highest BCUT2D eigenvalue weighted by Gasteiger charge is 2.28. The van der Waals surface area contributed by atoms with E-state index in [9.17, 15) is 4.79 Å². The van der Waals surface area contributed by atoms with Gasteiger partial charge in [0.05, 0.1) is 6.54 Å². The Hall–Kier alpha value is -0.610. The Bertz CT molecular complexity index is 213. The van der Waals surface area contributed by atoms with E-state index in [1.165, 1.54) is 6.42 Å². The van der Waals surface area contributed by atoms with Crippen molar-refractivity contribution >= 4 is 5.91 Å². The van der Waals surface area contributed by atoms with Crippen LogP contribution in [0, 0.1) is 5.92 Å². The van der Waals surface area contributed by atoms with Crippen LogP contribution in [0.1, 0.15) is 13.3 Å². The van der Waals surface area contributed by atoms with Gasteiger partial charge in [-0.25, -0.2) is 0 Å². The Morgan fingerprint density at radius 1 is 1.50 bits per heavy atom. The van der Waals surface area contributed by atoms with Crippen LogP contribution in [0.4, 0.5) is 0 Å². The highest BCUT2D eigenvalue weighted by Crippen LogP contribution is 2.18. The summed E-state index contributed by atoms with van der Waals surface area (Å²) in [5, 5.41) is 6.24. The van der Waals surface area contributed by atoms with E-state index in [2.05, 4.69) is 22.5 Å². The third-order valence-electron chi connectivity index (χ3n) is 3.42. The lowest BCUT2D eigenvalue weighted by atomic mass is 9.98. The van der Waals surface area contributed by atoms with Gasteiger partial charge < -0.3 is 10.6 Å². The molecule has 0 saturated carbocycles. The molecule has 2 unspecified atom stereocenters. The summed E-state index contributed by atoms with van der Waals surface area (Å²) in [6, 6.07) is 0.538. The van der Waals surface area contributed by atoms with Crippen molar-refractivity contribution in [1.82, 2.24) is 15.5 Å². The Balaban J connectivity index is 1.89. The van der Waals surface area contributed by atoms with Crippen LogP contribution < -0.4 is 10.6 Å². The van der Waals surface area contributed by atoms with Crippen molar-refractivity contribution in [2.45, 2.75) is 19.4 Å². The molecule has 2 aliphatic rings. The first kappa shape index (κ1) is 9.93. The van der Waals surface area contributed by atoms with Crippen molar-refractivity contribution in [2.75, 3.05) is 32.7 Å². The van der Waals surface area contributed by atoms with Gasteiger partial charge >= 0.3 is 0 Å². The molecule has 2 aliphatic heterocycles. The smallest absolute Gasteiger partial charge is 0.234 e. The molecule has 0 bridgehead atoms. The largest absolute Gasteiger partial charge is 0.354 e. The summed E-state index contributed by atoms with van der Waals surface area (Å²) in [4.78, 5) is 13.5. The topological polar surface area (TPSA) is 44.4 Å². The number of nitrogens with one attached hydrogen (secondary N) is 2. The zero-order valence-electron chi connectivity index (χ0n) is 8.75. The van der Waals surface area contributed by atoms with Crippen LogP contribution >= 0.6 is 0 Å². The number of piperazine rings is 1. The fourth-order valence-corrected chi connectivity index (χ4v) is 2.39. The van der Waals surface area contributed by atoms with Gasteiger partial charge in [-0.2, -0.15) is 0 Å². The molecule has 0 spiro atoms. The number of rotatable bonds is 2. The Morgan fingerprint density at radius 3 is 3.00 bits per heavy atom. The normalized spacial score (nSPS) is 31.5. The van der Waals surface area contributed by atoms with E-state index in [1.54, 1.807) is 0 Å². The molecule has 4 heteroatoms. The van der Waals surface area contributed by atoms with Gasteiger partial charge in [0.1, 0.15) is 0 Å². The van der Waals surface area contributed by atoms with E-state index in [-0.39, 0.29) is 5.91 Å². The molecule has 0 radical (unpaired) electrons. The summed E-state index contributed by atoms with van der Waals surface area (Å²) in [6.45, 7) is 6.88. The van der Waals surface area contributed by atoms with Crippen molar-refractivity contribution in [3.8, 4) is 0 Å². The summed E-state index contributed by atoms with van der Waals surface area (Å²) < 4.78 is 0. The first-order valence-corrected chi connectivity index (χ1v) is 5.49. The second-order valence-electron chi connectivity index (χ2n) is 4.31. The zero-order valence-corrected chi connectivity index (χ0v) is 8.75. The molecule has 0 aromatic heterocycles. The Morgan fingerprint density at radius 2 is 2.36 bits per heavy atom. The first-order valence-electron chi connectivity index (χ1n) is 5.49. The van der Waals surface area contributed by atoms with Crippen molar-refractivity contribution in [3.63, 3.8) is 0 Å². The molecule has 14 heavy (non-hydrogen) atoms. The predicted octanol–water partition coefficient (Wildman–Crippen LogP) is -0.584. The molecular formula is C10H19N3O. The standard InChI is InChI=1S/C10H19N3O/c1-8(9-2-3-11-6-9)13-5-4-12-10(14)7-13/h8-9,11H,2-7H2,1H3,(H,12,14). The number of hydrogen-bond acceptors (Lipinski definition) is 3. The van der Waals surface area contributed by atoms with E-state index in [4.69, 9.17) is 0 Å². The fourth-order valence-electron chi connectivity index (χ4n) is 2.39. The lowest BCUT2D eigenvalue weighted by molar-refractivity contribution is -0.125. The van der Waals surface area contributed by atoms with Crippen LogP contribution in [-0.4, -0.2) is 49.6 Å². The van der Waals surface area contributed by atoms with Gasteiger partial charge in [-0.3, -0.25) is 9.69 Å². The van der Waals surface area contributed by atoms with Crippen LogP contribution in [0.15, 0.2) is 0 Å². The molecule has 0 aromatic rings. The summed E-state index contributed by atoms with van der Waals surface area (Å²) >= 11 is 0. The maximum Gasteiger partial charge on any atom is 0.234 e. The maximum absolute atomic E-state index is 11.2. The van der Waals surface area contributed by atoms with Gasteiger partial charge in [-0.05, 0) is 32.4 Å². The van der Waals surface area contributed by atoms with Crippen LogP contribution in [0.2, 0.25) is 0 Å². The highest BCUT2D eigenvalue weighted by atomic mass is 16.2. The van der Waals surface area contributed by atoms with Gasteiger partial charge in [0.15, 0.2) is 0 Å². The van der Waals surface area contributed by atoms with Gasteiger partial charge in [0.2, 0.25) is 5.91 Å². The molecular weight excluding hydrogens is 178 g/mol. The molecule has 2 atom stereocenters. The summed E-state index contributed by atoms with van der Waals surface area (Å²) in [7, 11) is 0. The van der Waals surface area contributed by atoms with Crippen molar-refractivity contribution in [3.05, 3.63) is 0 Å². The molecule has 2 fully saturated rings. The fraction of sp³-hybridized carbons (Fsp3) is 0.900. The Labute approximate surface area is 85.0 Å². The zero-order chi connectivity index (χ0) is 9.97. The average molecular weight is 197 g/mol. The number of carbonyl (C=O) groups is 1. The molecule has 0 aromatic carbocycles. The molecule has 4 nitrogen and oxygen atoms in total. The van der Waals surface area contributed by atoms with Gasteiger partial charge in [-0.1, -0.05) is 0 Å². The average Bonchev–Trinajstić information content (AvgIpc) is 2.69. The number of amides is 1. The highest BCUT2D eigenvalue weighted by molar-refractivity contribution is 5.78. The lowest BCUT2D eigenvalue weighted by Gasteiger charge is -2.35. The molecule has 80 valence electrons. The number of nitrogens with zero attached hydrogens (tertiary/aromatic N) is 1. The first-order chi connectivity index (χ1) is 6.77. The molecule has 2 saturated heterocycles. The molecule has 2 rings (SSSR count). The molecule has 1 amide bonds. The van der Waals surface area contributed by atoms with Crippen LogP contribution in [-0.2, 0) is 4.79 Å². The number of carbonyl (C=O) groups excluding carboxylic acids is 1.